The number of alkyl carbamates (subject to hydrolysis) is 1. The fourth-order valence-corrected chi connectivity index (χ4v) is 4.13. The zero-order valence-corrected chi connectivity index (χ0v) is 18.9. The summed E-state index contributed by atoms with van der Waals surface area (Å²) < 4.78 is 5.56. The first-order chi connectivity index (χ1) is 16.3. The van der Waals surface area contributed by atoms with E-state index in [4.69, 9.17) is 9.84 Å². The minimum atomic E-state index is -1.04. The van der Waals surface area contributed by atoms with E-state index in [0.717, 1.165) is 22.3 Å². The van der Waals surface area contributed by atoms with Gasteiger partial charge in [-0.05, 0) is 53.4 Å². The van der Waals surface area contributed by atoms with Crippen LogP contribution in [0.25, 0.3) is 11.1 Å². The third-order valence-corrected chi connectivity index (χ3v) is 6.25. The standard InChI is InChI=1S/C27H26N2O5/c1-16(25(30)29-19-13-11-18(12-14-19)26(31)32)17(2)28-27(33)34-15-24-22-9-5-3-7-20(22)21-8-4-6-10-23(21)24/h3-14,16-17,24H,15H2,1-2H3,(H,28,33)(H,29,30)(H,31,32). The maximum Gasteiger partial charge on any atom is 0.407 e. The smallest absolute Gasteiger partial charge is 0.407 e. The van der Waals surface area contributed by atoms with Crippen molar-refractivity contribution in [2.24, 2.45) is 5.92 Å². The number of carbonyl (C=O) groups is 3. The number of fused-ring (bicyclic) bond motifs is 3. The Kier molecular flexibility index (Phi) is 6.63. The van der Waals surface area contributed by atoms with Crippen molar-refractivity contribution < 1.29 is 24.2 Å². The Balaban J connectivity index is 1.32. The van der Waals surface area contributed by atoms with E-state index in [1.54, 1.807) is 13.8 Å². The molecule has 2 atom stereocenters. The van der Waals surface area contributed by atoms with Crippen LogP contribution in [0.1, 0.15) is 41.3 Å². The number of anilines is 1. The number of rotatable bonds is 7. The largest absolute Gasteiger partial charge is 0.478 e. The zero-order chi connectivity index (χ0) is 24.2. The number of carbonyl (C=O) groups excluding carboxylic acids is 2. The molecule has 4 rings (SSSR count). The summed E-state index contributed by atoms with van der Waals surface area (Å²) in [4.78, 5) is 36.0. The zero-order valence-electron chi connectivity index (χ0n) is 18.9. The van der Waals surface area contributed by atoms with Crippen LogP contribution in [0.15, 0.2) is 72.8 Å². The topological polar surface area (TPSA) is 105 Å². The number of nitrogens with one attached hydrogen (secondary N) is 2. The van der Waals surface area contributed by atoms with Crippen LogP contribution in [0.3, 0.4) is 0 Å². The molecule has 34 heavy (non-hydrogen) atoms. The van der Waals surface area contributed by atoms with Gasteiger partial charge in [0.2, 0.25) is 5.91 Å². The summed E-state index contributed by atoms with van der Waals surface area (Å²) in [7, 11) is 0. The highest BCUT2D eigenvalue weighted by atomic mass is 16.5. The van der Waals surface area contributed by atoms with Crippen molar-refractivity contribution >= 4 is 23.7 Å². The van der Waals surface area contributed by atoms with E-state index in [2.05, 4.69) is 34.9 Å². The lowest BCUT2D eigenvalue weighted by Crippen LogP contribution is -2.42. The van der Waals surface area contributed by atoms with Crippen molar-refractivity contribution in [3.8, 4) is 11.1 Å². The lowest BCUT2D eigenvalue weighted by Gasteiger charge is -2.21. The molecule has 3 aromatic rings. The molecule has 7 nitrogen and oxygen atoms in total. The minimum absolute atomic E-state index is 0.0389. The van der Waals surface area contributed by atoms with Crippen LogP contribution in [0, 0.1) is 5.92 Å². The van der Waals surface area contributed by atoms with E-state index in [9.17, 15) is 14.4 Å². The van der Waals surface area contributed by atoms with Gasteiger partial charge in [-0.25, -0.2) is 9.59 Å². The summed E-state index contributed by atoms with van der Waals surface area (Å²) in [6.45, 7) is 3.64. The van der Waals surface area contributed by atoms with Crippen molar-refractivity contribution in [3.63, 3.8) is 0 Å². The van der Waals surface area contributed by atoms with Gasteiger partial charge in [0.25, 0.3) is 0 Å². The normalized spacial score (nSPS) is 13.8. The van der Waals surface area contributed by atoms with Gasteiger partial charge in [0, 0.05) is 17.6 Å². The number of benzene rings is 3. The maximum absolute atomic E-state index is 12.6. The highest BCUT2D eigenvalue weighted by Gasteiger charge is 2.29. The van der Waals surface area contributed by atoms with Crippen molar-refractivity contribution in [2.45, 2.75) is 25.8 Å². The van der Waals surface area contributed by atoms with Crippen LogP contribution in [-0.2, 0) is 9.53 Å². The van der Waals surface area contributed by atoms with Gasteiger partial charge >= 0.3 is 12.1 Å². The van der Waals surface area contributed by atoms with Crippen molar-refractivity contribution in [1.29, 1.82) is 0 Å². The molecule has 0 heterocycles. The van der Waals surface area contributed by atoms with E-state index < -0.39 is 24.0 Å². The van der Waals surface area contributed by atoms with Crippen molar-refractivity contribution in [2.75, 3.05) is 11.9 Å². The van der Waals surface area contributed by atoms with Gasteiger partial charge in [-0.1, -0.05) is 55.5 Å². The number of ether oxygens (including phenoxy) is 1. The molecule has 1 aliphatic rings. The molecule has 2 amide bonds. The van der Waals surface area contributed by atoms with Gasteiger partial charge < -0.3 is 20.5 Å². The van der Waals surface area contributed by atoms with E-state index in [1.807, 2.05) is 24.3 Å². The van der Waals surface area contributed by atoms with Crippen LogP contribution in [0.2, 0.25) is 0 Å². The van der Waals surface area contributed by atoms with Crippen molar-refractivity contribution in [1.82, 2.24) is 5.32 Å². The molecule has 0 radical (unpaired) electrons. The second-order valence-electron chi connectivity index (χ2n) is 8.42. The Morgan fingerprint density at radius 3 is 2.00 bits per heavy atom. The molecule has 0 saturated carbocycles. The molecule has 174 valence electrons. The lowest BCUT2D eigenvalue weighted by atomic mass is 9.98. The van der Waals surface area contributed by atoms with Gasteiger partial charge in [-0.3, -0.25) is 4.79 Å². The van der Waals surface area contributed by atoms with Crippen LogP contribution in [0.5, 0.6) is 0 Å². The maximum atomic E-state index is 12.6. The fraction of sp³-hybridized carbons (Fsp3) is 0.222. The molecular formula is C27H26N2O5. The van der Waals surface area contributed by atoms with E-state index >= 15 is 0 Å². The second kappa shape index (κ2) is 9.79. The molecule has 0 saturated heterocycles. The summed E-state index contributed by atoms with van der Waals surface area (Å²) in [5.41, 5.74) is 5.19. The van der Waals surface area contributed by atoms with Crippen LogP contribution in [0.4, 0.5) is 10.5 Å². The number of hydrogen-bond donors (Lipinski definition) is 3. The second-order valence-corrected chi connectivity index (χ2v) is 8.42. The molecule has 3 aromatic carbocycles. The summed E-state index contributed by atoms with van der Waals surface area (Å²) in [6, 6.07) is 21.6. The Bertz CT molecular complexity index is 1180. The van der Waals surface area contributed by atoms with Gasteiger partial charge in [0.1, 0.15) is 6.61 Å². The first-order valence-electron chi connectivity index (χ1n) is 11.1. The Hall–Kier alpha value is -4.13. The quantitative estimate of drug-likeness (QED) is 0.468. The predicted molar refractivity (Wildman–Crippen MR) is 129 cm³/mol. The van der Waals surface area contributed by atoms with Crippen LogP contribution >= 0.6 is 0 Å². The van der Waals surface area contributed by atoms with Gasteiger partial charge in [-0.2, -0.15) is 0 Å². The molecule has 0 aliphatic heterocycles. The summed E-state index contributed by atoms with van der Waals surface area (Å²) in [6.07, 6.45) is -0.583. The third kappa shape index (κ3) is 4.78. The SMILES string of the molecule is CC(NC(=O)OCC1c2ccccc2-c2ccccc21)C(C)C(=O)Nc1ccc(C(=O)O)cc1. The Morgan fingerprint density at radius 1 is 0.882 bits per heavy atom. The van der Waals surface area contributed by atoms with Gasteiger partial charge in [0.05, 0.1) is 11.5 Å². The Morgan fingerprint density at radius 2 is 1.44 bits per heavy atom. The molecule has 7 heteroatoms. The predicted octanol–water partition coefficient (Wildman–Crippen LogP) is 4.89. The molecule has 1 aliphatic carbocycles. The first kappa shape index (κ1) is 23.0. The minimum Gasteiger partial charge on any atom is -0.478 e. The van der Waals surface area contributed by atoms with E-state index in [0.29, 0.717) is 5.69 Å². The highest BCUT2D eigenvalue weighted by molar-refractivity contribution is 5.94. The monoisotopic (exact) mass is 458 g/mol. The third-order valence-electron chi connectivity index (χ3n) is 6.25. The molecule has 0 fully saturated rings. The first-order valence-corrected chi connectivity index (χ1v) is 11.1. The summed E-state index contributed by atoms with van der Waals surface area (Å²) in [5.74, 6) is -1.91. The van der Waals surface area contributed by atoms with Crippen molar-refractivity contribution in [3.05, 3.63) is 89.5 Å². The van der Waals surface area contributed by atoms with E-state index in [-0.39, 0.29) is 24.0 Å². The molecule has 2 unspecified atom stereocenters. The number of carboxylic acids is 1. The van der Waals surface area contributed by atoms with Crippen LogP contribution in [-0.4, -0.2) is 35.7 Å². The molecule has 0 spiro atoms. The molecular weight excluding hydrogens is 432 g/mol. The summed E-state index contributed by atoms with van der Waals surface area (Å²) in [5, 5.41) is 14.5. The number of aromatic carboxylic acids is 1. The lowest BCUT2D eigenvalue weighted by molar-refractivity contribution is -0.120. The van der Waals surface area contributed by atoms with Crippen LogP contribution < -0.4 is 10.6 Å². The average Bonchev–Trinajstić information content (AvgIpc) is 3.16. The molecule has 0 aromatic heterocycles. The van der Waals surface area contributed by atoms with Gasteiger partial charge in [-0.15, -0.1) is 0 Å². The number of amides is 2. The van der Waals surface area contributed by atoms with E-state index in [1.165, 1.54) is 24.3 Å². The fourth-order valence-electron chi connectivity index (χ4n) is 4.13. The Labute approximate surface area is 197 Å². The number of carboxylic acid groups (broad SMARTS) is 1. The number of hydrogen-bond acceptors (Lipinski definition) is 4. The molecule has 3 N–H and O–H groups in total. The summed E-state index contributed by atoms with van der Waals surface area (Å²) >= 11 is 0. The average molecular weight is 459 g/mol. The molecule has 0 bridgehead atoms. The van der Waals surface area contributed by atoms with Gasteiger partial charge in [0.15, 0.2) is 0 Å². The highest BCUT2D eigenvalue weighted by Crippen LogP contribution is 2.44.